The molecular formula is C12H17N3O3. The Morgan fingerprint density at radius 3 is 2.61 bits per heavy atom. The Bertz CT molecular complexity index is 447. The van der Waals surface area contributed by atoms with Gasteiger partial charge in [0.05, 0.1) is 12.3 Å². The van der Waals surface area contributed by atoms with Crippen LogP contribution in [0.4, 0.5) is 0 Å². The van der Waals surface area contributed by atoms with Gasteiger partial charge in [0.2, 0.25) is 5.91 Å². The summed E-state index contributed by atoms with van der Waals surface area (Å²) in [6.45, 7) is 1.06. The molecule has 0 aromatic carbocycles. The topological polar surface area (TPSA) is 75.4 Å². The Labute approximate surface area is 105 Å². The number of likely N-dealkylation sites (tertiary alicyclic amines) is 1. The Morgan fingerprint density at radius 2 is 2.11 bits per heavy atom. The van der Waals surface area contributed by atoms with Crippen molar-refractivity contribution >= 4 is 11.9 Å². The molecule has 1 N–H and O–H groups in total. The second kappa shape index (κ2) is 5.20. The molecule has 2 heterocycles. The number of carbonyl (C=O) groups excluding carboxylic acids is 1. The summed E-state index contributed by atoms with van der Waals surface area (Å²) in [5.74, 6) is -0.304. The number of aliphatic carboxylic acids is 1. The molecule has 1 fully saturated rings. The monoisotopic (exact) mass is 251 g/mol. The number of imidazole rings is 1. The highest BCUT2D eigenvalue weighted by atomic mass is 16.4. The van der Waals surface area contributed by atoms with Crippen molar-refractivity contribution in [3.05, 3.63) is 18.2 Å². The van der Waals surface area contributed by atoms with E-state index in [1.807, 2.05) is 11.6 Å². The Kier molecular flexibility index (Phi) is 3.64. The van der Waals surface area contributed by atoms with Gasteiger partial charge in [-0.25, -0.2) is 4.98 Å². The van der Waals surface area contributed by atoms with Crippen molar-refractivity contribution in [3.8, 4) is 0 Å². The summed E-state index contributed by atoms with van der Waals surface area (Å²) < 4.78 is 1.82. The van der Waals surface area contributed by atoms with Crippen LogP contribution in [0.15, 0.2) is 12.4 Å². The maximum Gasteiger partial charge on any atom is 0.306 e. The fourth-order valence-corrected chi connectivity index (χ4v) is 2.19. The van der Waals surface area contributed by atoms with Crippen LogP contribution in [0.2, 0.25) is 0 Å². The summed E-state index contributed by atoms with van der Waals surface area (Å²) in [6.07, 6.45) is 4.84. The number of carboxylic acids is 1. The molecule has 0 atom stereocenters. The average molecular weight is 251 g/mol. The lowest BCUT2D eigenvalue weighted by Gasteiger charge is -2.30. The Balaban J connectivity index is 1.88. The van der Waals surface area contributed by atoms with Gasteiger partial charge >= 0.3 is 5.97 Å². The summed E-state index contributed by atoms with van der Waals surface area (Å²) in [5, 5.41) is 8.89. The number of hydrogen-bond acceptors (Lipinski definition) is 3. The van der Waals surface area contributed by atoms with Crippen LogP contribution < -0.4 is 0 Å². The molecule has 1 aliphatic heterocycles. The molecule has 0 saturated carbocycles. The molecule has 1 aliphatic rings. The number of carbonyl (C=O) groups is 2. The zero-order chi connectivity index (χ0) is 13.1. The highest BCUT2D eigenvalue weighted by molar-refractivity contribution is 5.78. The number of piperidine rings is 1. The minimum atomic E-state index is -0.758. The van der Waals surface area contributed by atoms with Crippen molar-refractivity contribution < 1.29 is 14.7 Å². The van der Waals surface area contributed by atoms with Gasteiger partial charge < -0.3 is 14.6 Å². The molecular weight excluding hydrogens is 234 g/mol. The molecule has 18 heavy (non-hydrogen) atoms. The van der Waals surface area contributed by atoms with Crippen molar-refractivity contribution in [2.75, 3.05) is 13.1 Å². The first-order valence-corrected chi connectivity index (χ1v) is 6.04. The minimum Gasteiger partial charge on any atom is -0.481 e. The predicted octanol–water partition coefficient (Wildman–Crippen LogP) is 0.286. The van der Waals surface area contributed by atoms with Crippen LogP contribution in [-0.2, 0) is 23.1 Å². The maximum atomic E-state index is 12.0. The maximum absolute atomic E-state index is 12.0. The van der Waals surface area contributed by atoms with Crippen LogP contribution in [-0.4, -0.2) is 44.5 Å². The quantitative estimate of drug-likeness (QED) is 0.837. The van der Waals surface area contributed by atoms with Crippen LogP contribution in [0, 0.1) is 5.92 Å². The number of hydrogen-bond donors (Lipinski definition) is 1. The molecule has 0 radical (unpaired) electrons. The lowest BCUT2D eigenvalue weighted by atomic mass is 9.97. The summed E-state index contributed by atoms with van der Waals surface area (Å²) in [5.41, 5.74) is 0. The summed E-state index contributed by atoms with van der Waals surface area (Å²) >= 11 is 0. The average Bonchev–Trinajstić information content (AvgIpc) is 2.75. The first-order valence-electron chi connectivity index (χ1n) is 6.04. The first-order chi connectivity index (χ1) is 8.58. The van der Waals surface area contributed by atoms with E-state index in [0.29, 0.717) is 25.9 Å². The van der Waals surface area contributed by atoms with E-state index < -0.39 is 5.97 Å². The number of aryl methyl sites for hydroxylation is 1. The summed E-state index contributed by atoms with van der Waals surface area (Å²) in [7, 11) is 1.85. The van der Waals surface area contributed by atoms with Crippen LogP contribution in [0.3, 0.4) is 0 Å². The molecule has 2 rings (SSSR count). The van der Waals surface area contributed by atoms with E-state index in [9.17, 15) is 9.59 Å². The number of nitrogens with zero attached hydrogens (tertiary/aromatic N) is 3. The van der Waals surface area contributed by atoms with E-state index >= 15 is 0 Å². The molecule has 0 unspecified atom stereocenters. The standard InChI is InChI=1S/C12H17N3O3/c1-14-7-4-13-10(14)8-11(16)15-5-2-9(3-6-15)12(17)18/h4,7,9H,2-3,5-6,8H2,1H3,(H,17,18). The van der Waals surface area contributed by atoms with Gasteiger partial charge in [-0.05, 0) is 12.8 Å². The van der Waals surface area contributed by atoms with Gasteiger partial charge in [0.1, 0.15) is 5.82 Å². The fourth-order valence-electron chi connectivity index (χ4n) is 2.19. The van der Waals surface area contributed by atoms with E-state index in [1.54, 1.807) is 17.3 Å². The molecule has 0 spiro atoms. The molecule has 1 amide bonds. The third-order valence-electron chi connectivity index (χ3n) is 3.43. The van der Waals surface area contributed by atoms with E-state index in [2.05, 4.69) is 4.98 Å². The van der Waals surface area contributed by atoms with E-state index in [-0.39, 0.29) is 18.2 Å². The normalized spacial score (nSPS) is 16.8. The van der Waals surface area contributed by atoms with Gasteiger partial charge in [-0.3, -0.25) is 9.59 Å². The van der Waals surface area contributed by atoms with Crippen LogP contribution in [0.1, 0.15) is 18.7 Å². The first kappa shape index (κ1) is 12.6. The minimum absolute atomic E-state index is 0.0214. The van der Waals surface area contributed by atoms with Gasteiger partial charge in [0.25, 0.3) is 0 Å². The van der Waals surface area contributed by atoms with Crippen molar-refractivity contribution in [2.24, 2.45) is 13.0 Å². The van der Waals surface area contributed by atoms with Gasteiger partial charge in [-0.1, -0.05) is 0 Å². The van der Waals surface area contributed by atoms with E-state index in [1.165, 1.54) is 0 Å². The van der Waals surface area contributed by atoms with Crippen LogP contribution in [0.25, 0.3) is 0 Å². The molecule has 6 nitrogen and oxygen atoms in total. The molecule has 1 saturated heterocycles. The third kappa shape index (κ3) is 2.69. The molecule has 98 valence electrons. The summed E-state index contributed by atoms with van der Waals surface area (Å²) in [4.78, 5) is 28.7. The molecule has 1 aromatic rings. The predicted molar refractivity (Wildman–Crippen MR) is 63.9 cm³/mol. The number of carboxylic acid groups (broad SMARTS) is 1. The number of amides is 1. The zero-order valence-electron chi connectivity index (χ0n) is 10.4. The second-order valence-electron chi connectivity index (χ2n) is 4.62. The number of rotatable bonds is 3. The fraction of sp³-hybridized carbons (Fsp3) is 0.583. The summed E-state index contributed by atoms with van der Waals surface area (Å²) in [6, 6.07) is 0. The highest BCUT2D eigenvalue weighted by Gasteiger charge is 2.27. The van der Waals surface area contributed by atoms with Gasteiger partial charge in [0.15, 0.2) is 0 Å². The molecule has 0 aliphatic carbocycles. The molecule has 0 bridgehead atoms. The van der Waals surface area contributed by atoms with E-state index in [0.717, 1.165) is 5.82 Å². The second-order valence-corrected chi connectivity index (χ2v) is 4.62. The van der Waals surface area contributed by atoms with E-state index in [4.69, 9.17) is 5.11 Å². The zero-order valence-corrected chi connectivity index (χ0v) is 10.4. The van der Waals surface area contributed by atoms with Crippen molar-refractivity contribution in [3.63, 3.8) is 0 Å². The smallest absolute Gasteiger partial charge is 0.306 e. The van der Waals surface area contributed by atoms with Gasteiger partial charge in [-0.15, -0.1) is 0 Å². The van der Waals surface area contributed by atoms with Crippen molar-refractivity contribution in [1.82, 2.24) is 14.5 Å². The molecule has 1 aromatic heterocycles. The SMILES string of the molecule is Cn1ccnc1CC(=O)N1CCC(C(=O)O)CC1. The Hall–Kier alpha value is -1.85. The largest absolute Gasteiger partial charge is 0.481 e. The lowest BCUT2D eigenvalue weighted by Crippen LogP contribution is -2.41. The van der Waals surface area contributed by atoms with Crippen molar-refractivity contribution in [1.29, 1.82) is 0 Å². The van der Waals surface area contributed by atoms with Crippen LogP contribution >= 0.6 is 0 Å². The third-order valence-corrected chi connectivity index (χ3v) is 3.43. The van der Waals surface area contributed by atoms with Gasteiger partial charge in [-0.2, -0.15) is 0 Å². The van der Waals surface area contributed by atoms with Gasteiger partial charge in [0, 0.05) is 32.5 Å². The van der Waals surface area contributed by atoms with Crippen LogP contribution in [0.5, 0.6) is 0 Å². The number of aromatic nitrogens is 2. The Morgan fingerprint density at radius 1 is 1.44 bits per heavy atom. The molecule has 6 heteroatoms. The highest BCUT2D eigenvalue weighted by Crippen LogP contribution is 2.17. The van der Waals surface area contributed by atoms with Crippen molar-refractivity contribution in [2.45, 2.75) is 19.3 Å². The lowest BCUT2D eigenvalue weighted by molar-refractivity contribution is -0.145.